The highest BCUT2D eigenvalue weighted by atomic mass is 16.7. The zero-order valence-corrected chi connectivity index (χ0v) is 26.6. The van der Waals surface area contributed by atoms with Crippen LogP contribution >= 0.6 is 0 Å². The molecule has 0 aromatic heterocycles. The van der Waals surface area contributed by atoms with Gasteiger partial charge in [0.1, 0.15) is 18.3 Å². The smallest absolute Gasteiger partial charge is 0.455 e. The standard InChI is InChI=1S/C34H46O11/c1-21-14-15-40-25(17-21)12-13-27(44-33(36)38-4)28-20-30-32(43-30)29(45-34(37)39-5)19-23(3)16-22(2)18-26-10-6-8-24(41-26)9-7-11-31(35)42-28/h6-8,11-14,22,24-30,32H,3,9-10,15-20H2,1-2,4-5H3/b11-7-,13-12+/t22-,24-,25+,26-,27-,28-,29-,30-,32-/m0/s1. The lowest BCUT2D eigenvalue weighted by atomic mass is 9.90. The number of cyclic esters (lactones) is 1. The van der Waals surface area contributed by atoms with Crippen LogP contribution in [0.5, 0.6) is 0 Å². The maximum Gasteiger partial charge on any atom is 0.508 e. The fourth-order valence-corrected chi connectivity index (χ4v) is 5.97. The molecule has 45 heavy (non-hydrogen) atoms. The number of rotatable bonds is 5. The Morgan fingerprint density at radius 1 is 1.04 bits per heavy atom. The number of methoxy groups -OCH3 is 2. The summed E-state index contributed by atoms with van der Waals surface area (Å²) in [6.45, 7) is 8.90. The van der Waals surface area contributed by atoms with E-state index in [0.29, 0.717) is 25.9 Å². The molecule has 0 radical (unpaired) electrons. The number of carbonyl (C=O) groups excluding carboxylic acids is 3. The van der Waals surface area contributed by atoms with E-state index < -0.39 is 48.8 Å². The van der Waals surface area contributed by atoms with E-state index >= 15 is 0 Å². The molecular formula is C34H46O11. The molecule has 9 atom stereocenters. The van der Waals surface area contributed by atoms with E-state index in [4.69, 9.17) is 37.9 Å². The summed E-state index contributed by atoms with van der Waals surface area (Å²) in [5.41, 5.74) is 2.09. The van der Waals surface area contributed by atoms with Gasteiger partial charge in [-0.1, -0.05) is 55.0 Å². The quantitative estimate of drug-likeness (QED) is 0.161. The third kappa shape index (κ3) is 11.2. The van der Waals surface area contributed by atoms with E-state index in [1.165, 1.54) is 25.9 Å². The van der Waals surface area contributed by atoms with Crippen LogP contribution in [-0.2, 0) is 42.7 Å². The summed E-state index contributed by atoms with van der Waals surface area (Å²) in [5.74, 6) is -0.327. The molecule has 4 heterocycles. The van der Waals surface area contributed by atoms with Gasteiger partial charge in [0.05, 0.1) is 45.2 Å². The van der Waals surface area contributed by atoms with Crippen LogP contribution in [0.2, 0.25) is 0 Å². The van der Waals surface area contributed by atoms with Crippen LogP contribution in [0.4, 0.5) is 9.59 Å². The highest BCUT2D eigenvalue weighted by Gasteiger charge is 2.49. The first-order valence-electron chi connectivity index (χ1n) is 15.6. The van der Waals surface area contributed by atoms with Crippen molar-refractivity contribution in [3.8, 4) is 0 Å². The molecule has 0 amide bonds. The average Bonchev–Trinajstić information content (AvgIpc) is 3.77. The SMILES string of the molecule is C=C1C[C@H](C)C[C@@H]2CC=C[C@@H](C/C=C\C(=O)O[C@H]([C@H](/C=C/[C@@H]3CC(C)=CCO3)OC(=O)OC)C[C@@H]3O[C@H]3[C@@H](OC(=O)OC)C1)O2. The number of fused-ring (bicyclic) bond motifs is 3. The minimum atomic E-state index is -1.01. The van der Waals surface area contributed by atoms with Crippen LogP contribution in [0.25, 0.3) is 0 Å². The van der Waals surface area contributed by atoms with Gasteiger partial charge in [-0.15, -0.1) is 0 Å². The molecule has 11 heteroatoms. The molecule has 11 nitrogen and oxygen atoms in total. The van der Waals surface area contributed by atoms with Crippen molar-refractivity contribution in [2.24, 2.45) is 5.92 Å². The van der Waals surface area contributed by atoms with Crippen molar-refractivity contribution in [1.29, 1.82) is 0 Å². The number of hydrogen-bond acceptors (Lipinski definition) is 11. The van der Waals surface area contributed by atoms with Crippen LogP contribution in [0, 0.1) is 5.92 Å². The second kappa shape index (κ2) is 16.8. The maximum atomic E-state index is 13.1. The number of epoxide rings is 1. The summed E-state index contributed by atoms with van der Waals surface area (Å²) in [4.78, 5) is 37.6. The molecule has 2 bridgehead atoms. The Bertz CT molecular complexity index is 1170. The molecule has 0 aromatic rings. The molecule has 4 rings (SSSR count). The van der Waals surface area contributed by atoms with Crippen molar-refractivity contribution < 1.29 is 52.3 Å². The Morgan fingerprint density at radius 3 is 2.60 bits per heavy atom. The van der Waals surface area contributed by atoms with Crippen molar-refractivity contribution in [1.82, 2.24) is 0 Å². The molecule has 0 aromatic carbocycles. The van der Waals surface area contributed by atoms with Gasteiger partial charge in [-0.2, -0.15) is 0 Å². The number of hydrogen-bond donors (Lipinski definition) is 0. The third-order valence-electron chi connectivity index (χ3n) is 8.21. The molecule has 1 fully saturated rings. The first-order chi connectivity index (χ1) is 21.6. The fourth-order valence-electron chi connectivity index (χ4n) is 5.97. The summed E-state index contributed by atoms with van der Waals surface area (Å²) < 4.78 is 44.7. The van der Waals surface area contributed by atoms with E-state index in [1.807, 2.05) is 19.1 Å². The molecular weight excluding hydrogens is 584 g/mol. The highest BCUT2D eigenvalue weighted by Crippen LogP contribution is 2.37. The van der Waals surface area contributed by atoms with Crippen molar-refractivity contribution >= 4 is 18.3 Å². The Hall–Kier alpha value is -3.41. The van der Waals surface area contributed by atoms with Crippen LogP contribution < -0.4 is 0 Å². The van der Waals surface area contributed by atoms with E-state index in [2.05, 4.69) is 19.6 Å². The Kier molecular flexibility index (Phi) is 12.8. The number of esters is 1. The second-order valence-electron chi connectivity index (χ2n) is 12.1. The predicted molar refractivity (Wildman–Crippen MR) is 163 cm³/mol. The van der Waals surface area contributed by atoms with Gasteiger partial charge in [0, 0.05) is 18.9 Å². The second-order valence-corrected chi connectivity index (χ2v) is 12.1. The Balaban J connectivity index is 1.59. The van der Waals surface area contributed by atoms with Gasteiger partial charge in [0.25, 0.3) is 0 Å². The summed E-state index contributed by atoms with van der Waals surface area (Å²) in [7, 11) is 2.45. The van der Waals surface area contributed by atoms with Crippen molar-refractivity contribution in [2.45, 2.75) is 108 Å². The lowest BCUT2D eigenvalue weighted by Gasteiger charge is -2.28. The third-order valence-corrected chi connectivity index (χ3v) is 8.21. The predicted octanol–water partition coefficient (Wildman–Crippen LogP) is 5.69. The summed E-state index contributed by atoms with van der Waals surface area (Å²) in [6, 6.07) is 0. The van der Waals surface area contributed by atoms with Gasteiger partial charge in [0.15, 0.2) is 6.10 Å². The first-order valence-corrected chi connectivity index (χ1v) is 15.6. The summed E-state index contributed by atoms with van der Waals surface area (Å²) >= 11 is 0. The molecule has 1 saturated heterocycles. The normalized spacial score (nSPS) is 34.2. The molecule has 248 valence electrons. The minimum Gasteiger partial charge on any atom is -0.455 e. The molecule has 0 spiro atoms. The van der Waals surface area contributed by atoms with E-state index in [-0.39, 0.29) is 30.7 Å². The van der Waals surface area contributed by atoms with Gasteiger partial charge in [-0.25, -0.2) is 14.4 Å². The zero-order chi connectivity index (χ0) is 32.3. The van der Waals surface area contributed by atoms with Gasteiger partial charge in [0.2, 0.25) is 0 Å². The molecule has 0 unspecified atom stereocenters. The molecule has 4 aliphatic rings. The lowest BCUT2D eigenvalue weighted by Crippen LogP contribution is -2.36. The molecule has 0 aliphatic carbocycles. The van der Waals surface area contributed by atoms with Crippen molar-refractivity contribution in [3.63, 3.8) is 0 Å². The lowest BCUT2D eigenvalue weighted by molar-refractivity contribution is -0.148. The van der Waals surface area contributed by atoms with Gasteiger partial charge >= 0.3 is 18.3 Å². The van der Waals surface area contributed by atoms with Crippen LogP contribution in [0.1, 0.15) is 58.8 Å². The Morgan fingerprint density at radius 2 is 1.84 bits per heavy atom. The van der Waals surface area contributed by atoms with Crippen molar-refractivity contribution in [3.05, 3.63) is 60.3 Å². The van der Waals surface area contributed by atoms with Gasteiger partial charge < -0.3 is 37.9 Å². The Labute approximate surface area is 265 Å². The number of ether oxygens (including phenoxy) is 8. The van der Waals surface area contributed by atoms with E-state index in [0.717, 1.165) is 24.8 Å². The maximum absolute atomic E-state index is 13.1. The topological polar surface area (TPSA) is 128 Å². The average molecular weight is 631 g/mol. The van der Waals surface area contributed by atoms with Crippen LogP contribution in [0.15, 0.2) is 60.3 Å². The van der Waals surface area contributed by atoms with Crippen LogP contribution in [0.3, 0.4) is 0 Å². The van der Waals surface area contributed by atoms with Crippen molar-refractivity contribution in [2.75, 3.05) is 20.8 Å². The largest absolute Gasteiger partial charge is 0.508 e. The first kappa shape index (κ1) is 34.5. The van der Waals surface area contributed by atoms with E-state index in [1.54, 1.807) is 18.2 Å². The fraction of sp³-hybridized carbons (Fsp3) is 0.618. The monoisotopic (exact) mass is 630 g/mol. The van der Waals surface area contributed by atoms with Gasteiger partial charge in [-0.05, 0) is 51.0 Å². The summed E-state index contributed by atoms with van der Waals surface area (Å²) in [5, 5.41) is 0. The van der Waals surface area contributed by atoms with Crippen LogP contribution in [-0.4, -0.2) is 87.9 Å². The van der Waals surface area contributed by atoms with E-state index in [9.17, 15) is 14.4 Å². The molecule has 0 saturated carbocycles. The number of carbonyl (C=O) groups is 3. The minimum absolute atomic E-state index is 0.0418. The molecule has 0 N–H and O–H groups in total. The van der Waals surface area contributed by atoms with Gasteiger partial charge in [-0.3, -0.25) is 0 Å². The summed E-state index contributed by atoms with van der Waals surface area (Å²) in [6.07, 6.45) is 11.0. The zero-order valence-electron chi connectivity index (χ0n) is 26.6. The highest BCUT2D eigenvalue weighted by molar-refractivity contribution is 5.82. The molecule has 4 aliphatic heterocycles.